The molecule has 4 saturated carbocycles. The lowest BCUT2D eigenvalue weighted by molar-refractivity contribution is -0.155. The van der Waals surface area contributed by atoms with Crippen LogP contribution in [0.2, 0.25) is 0 Å². The van der Waals surface area contributed by atoms with Gasteiger partial charge in [0.05, 0.1) is 5.60 Å². The molecule has 0 aromatic carbocycles. The van der Waals surface area contributed by atoms with Crippen LogP contribution in [-0.4, -0.2) is 28.0 Å². The van der Waals surface area contributed by atoms with Crippen LogP contribution in [0.25, 0.3) is 0 Å². The Kier molecular flexibility index (Phi) is 2.78. The van der Waals surface area contributed by atoms with E-state index in [0.717, 1.165) is 12.5 Å². The standard InChI is InChI=1S/C14H17F3O3/c15-14(16,17)10(11(18)19)6-12-2-8-1-9(3-12)5-13(20,4-8)7-12/h6,8-9,20H,1-5,7H2,(H,18,19). The normalized spacial score (nSPS) is 43.9. The molecule has 0 spiro atoms. The lowest BCUT2D eigenvalue weighted by Crippen LogP contribution is -2.55. The summed E-state index contributed by atoms with van der Waals surface area (Å²) in [7, 11) is 0. The minimum Gasteiger partial charge on any atom is -0.478 e. The van der Waals surface area contributed by atoms with Gasteiger partial charge in [0.1, 0.15) is 5.57 Å². The lowest BCUT2D eigenvalue weighted by atomic mass is 9.48. The molecule has 0 radical (unpaired) electrons. The second kappa shape index (κ2) is 4.00. The first-order chi connectivity index (χ1) is 9.11. The maximum Gasteiger partial charge on any atom is 0.423 e. The first-order valence-electron chi connectivity index (χ1n) is 6.87. The molecule has 4 bridgehead atoms. The molecule has 4 fully saturated rings. The predicted molar refractivity (Wildman–Crippen MR) is 63.8 cm³/mol. The summed E-state index contributed by atoms with van der Waals surface area (Å²) < 4.78 is 38.5. The number of aliphatic hydroxyl groups is 1. The van der Waals surface area contributed by atoms with Crippen LogP contribution in [0.3, 0.4) is 0 Å². The first kappa shape index (κ1) is 13.9. The maximum atomic E-state index is 12.8. The number of halogens is 3. The van der Waals surface area contributed by atoms with Gasteiger partial charge in [0, 0.05) is 0 Å². The third-order valence-electron chi connectivity index (χ3n) is 5.06. The molecule has 4 rings (SSSR count). The van der Waals surface area contributed by atoms with Crippen molar-refractivity contribution in [2.45, 2.75) is 50.3 Å². The van der Waals surface area contributed by atoms with Crippen molar-refractivity contribution >= 4 is 5.97 Å². The van der Waals surface area contributed by atoms with Crippen molar-refractivity contribution in [1.82, 2.24) is 0 Å². The van der Waals surface area contributed by atoms with Crippen LogP contribution in [0.1, 0.15) is 38.5 Å². The quantitative estimate of drug-likeness (QED) is 0.769. The number of aliphatic carboxylic acids is 1. The third-order valence-corrected chi connectivity index (χ3v) is 5.06. The average Bonchev–Trinajstić information content (AvgIpc) is 2.20. The number of hydrogen-bond donors (Lipinski definition) is 2. The SMILES string of the molecule is O=C(O)C(=CC12CC3CC(CC(O)(C3)C1)C2)C(F)(F)F. The van der Waals surface area contributed by atoms with E-state index in [1.807, 2.05) is 0 Å². The van der Waals surface area contributed by atoms with Crippen molar-refractivity contribution in [2.24, 2.45) is 17.3 Å². The Labute approximate surface area is 114 Å². The zero-order chi connectivity index (χ0) is 14.8. The Balaban J connectivity index is 1.99. The largest absolute Gasteiger partial charge is 0.478 e. The summed E-state index contributed by atoms with van der Waals surface area (Å²) >= 11 is 0. The molecular weight excluding hydrogens is 273 g/mol. The molecule has 4 aliphatic carbocycles. The van der Waals surface area contributed by atoms with Crippen LogP contribution in [0.5, 0.6) is 0 Å². The van der Waals surface area contributed by atoms with Crippen LogP contribution in [-0.2, 0) is 4.79 Å². The van der Waals surface area contributed by atoms with Gasteiger partial charge in [-0.3, -0.25) is 0 Å². The van der Waals surface area contributed by atoms with Crippen LogP contribution < -0.4 is 0 Å². The van der Waals surface area contributed by atoms with Crippen LogP contribution in [0, 0.1) is 17.3 Å². The van der Waals surface area contributed by atoms with E-state index in [2.05, 4.69) is 0 Å². The van der Waals surface area contributed by atoms with Crippen molar-refractivity contribution in [1.29, 1.82) is 0 Å². The van der Waals surface area contributed by atoms with Gasteiger partial charge in [-0.05, 0) is 55.8 Å². The summed E-state index contributed by atoms with van der Waals surface area (Å²) in [6.45, 7) is 0. The van der Waals surface area contributed by atoms with E-state index in [0.29, 0.717) is 25.7 Å². The number of carboxylic acids is 1. The minimum absolute atomic E-state index is 0.223. The van der Waals surface area contributed by atoms with E-state index < -0.39 is 28.7 Å². The highest BCUT2D eigenvalue weighted by molar-refractivity contribution is 5.88. The summed E-state index contributed by atoms with van der Waals surface area (Å²) in [5, 5.41) is 19.3. The number of alkyl halides is 3. The molecule has 4 aliphatic rings. The van der Waals surface area contributed by atoms with Crippen LogP contribution >= 0.6 is 0 Å². The van der Waals surface area contributed by atoms with E-state index in [1.165, 1.54) is 0 Å². The fourth-order valence-corrected chi connectivity index (χ4v) is 5.02. The van der Waals surface area contributed by atoms with Crippen molar-refractivity contribution in [2.75, 3.05) is 0 Å². The van der Waals surface area contributed by atoms with Gasteiger partial charge in [0.15, 0.2) is 0 Å². The van der Waals surface area contributed by atoms with Gasteiger partial charge in [-0.25, -0.2) is 4.79 Å². The Hall–Kier alpha value is -1.04. The molecule has 20 heavy (non-hydrogen) atoms. The van der Waals surface area contributed by atoms with Gasteiger partial charge in [-0.1, -0.05) is 6.08 Å². The van der Waals surface area contributed by atoms with Crippen molar-refractivity contribution < 1.29 is 28.2 Å². The summed E-state index contributed by atoms with van der Waals surface area (Å²) in [4.78, 5) is 10.9. The second-order valence-corrected chi connectivity index (χ2v) is 6.91. The fraction of sp³-hybridized carbons (Fsp3) is 0.786. The monoisotopic (exact) mass is 290 g/mol. The molecule has 2 N–H and O–H groups in total. The number of carboxylic acid groups (broad SMARTS) is 1. The van der Waals surface area contributed by atoms with E-state index in [4.69, 9.17) is 5.11 Å². The Morgan fingerprint density at radius 3 is 2.10 bits per heavy atom. The number of rotatable bonds is 2. The molecular formula is C14H17F3O3. The van der Waals surface area contributed by atoms with Gasteiger partial charge in [-0.2, -0.15) is 13.2 Å². The molecule has 0 amide bonds. The highest BCUT2D eigenvalue weighted by Crippen LogP contribution is 2.62. The molecule has 0 saturated heterocycles. The van der Waals surface area contributed by atoms with Crippen LogP contribution in [0.15, 0.2) is 11.6 Å². The molecule has 3 nitrogen and oxygen atoms in total. The topological polar surface area (TPSA) is 57.5 Å². The van der Waals surface area contributed by atoms with Crippen molar-refractivity contribution in [3.8, 4) is 0 Å². The zero-order valence-corrected chi connectivity index (χ0v) is 10.9. The Bertz CT molecular complexity index is 467. The summed E-state index contributed by atoms with van der Waals surface area (Å²) in [5.74, 6) is -1.48. The summed E-state index contributed by atoms with van der Waals surface area (Å²) in [6.07, 6.45) is -0.305. The average molecular weight is 290 g/mol. The highest BCUT2D eigenvalue weighted by Gasteiger charge is 2.57. The van der Waals surface area contributed by atoms with Gasteiger partial charge in [0.25, 0.3) is 0 Å². The predicted octanol–water partition coefficient (Wildman–Crippen LogP) is 2.89. The number of hydrogen-bond acceptors (Lipinski definition) is 2. The molecule has 0 aromatic heterocycles. The Morgan fingerprint density at radius 1 is 1.15 bits per heavy atom. The summed E-state index contributed by atoms with van der Waals surface area (Å²) in [5.41, 5.74) is -3.17. The first-order valence-corrected chi connectivity index (χ1v) is 6.87. The molecule has 112 valence electrons. The number of carbonyl (C=O) groups is 1. The molecule has 0 aliphatic heterocycles. The molecule has 0 heterocycles. The maximum absolute atomic E-state index is 12.8. The molecule has 2 atom stereocenters. The van der Waals surface area contributed by atoms with Gasteiger partial charge in [0.2, 0.25) is 0 Å². The van der Waals surface area contributed by atoms with E-state index in [9.17, 15) is 23.1 Å². The van der Waals surface area contributed by atoms with Crippen molar-refractivity contribution in [3.63, 3.8) is 0 Å². The van der Waals surface area contributed by atoms with Crippen LogP contribution in [0.4, 0.5) is 13.2 Å². The second-order valence-electron chi connectivity index (χ2n) is 6.91. The van der Waals surface area contributed by atoms with Gasteiger partial charge < -0.3 is 10.2 Å². The smallest absolute Gasteiger partial charge is 0.423 e. The number of allylic oxidation sites excluding steroid dienone is 1. The highest BCUT2D eigenvalue weighted by atomic mass is 19.4. The summed E-state index contributed by atoms with van der Waals surface area (Å²) in [6, 6.07) is 0. The third kappa shape index (κ3) is 2.24. The fourth-order valence-electron chi connectivity index (χ4n) is 5.02. The van der Waals surface area contributed by atoms with E-state index >= 15 is 0 Å². The molecule has 6 heteroatoms. The molecule has 2 unspecified atom stereocenters. The Morgan fingerprint density at radius 2 is 1.70 bits per heavy atom. The minimum atomic E-state index is -4.85. The molecule has 0 aromatic rings. The van der Waals surface area contributed by atoms with Gasteiger partial charge in [-0.15, -0.1) is 0 Å². The van der Waals surface area contributed by atoms with Gasteiger partial charge >= 0.3 is 12.1 Å². The zero-order valence-electron chi connectivity index (χ0n) is 10.9. The van der Waals surface area contributed by atoms with Crippen molar-refractivity contribution in [3.05, 3.63) is 11.6 Å². The lowest BCUT2D eigenvalue weighted by Gasteiger charge is -2.59. The van der Waals surface area contributed by atoms with E-state index in [-0.39, 0.29) is 18.3 Å². The van der Waals surface area contributed by atoms with E-state index in [1.54, 1.807) is 0 Å².